The number of hydrogen-bond acceptors (Lipinski definition) is 4. The SMILES string of the molecule is CC(C)NC(=O)CCn1cc(CCCN)nn1. The summed E-state index contributed by atoms with van der Waals surface area (Å²) in [6, 6.07) is 0.179. The van der Waals surface area contributed by atoms with E-state index in [1.54, 1.807) is 4.68 Å². The summed E-state index contributed by atoms with van der Waals surface area (Å²) in [5.41, 5.74) is 6.35. The summed E-state index contributed by atoms with van der Waals surface area (Å²) in [4.78, 5) is 11.4. The first kappa shape index (κ1) is 13.6. The number of hydrogen-bond donors (Lipinski definition) is 2. The molecule has 0 saturated carbocycles. The van der Waals surface area contributed by atoms with Gasteiger partial charge in [-0.2, -0.15) is 0 Å². The Morgan fingerprint density at radius 1 is 1.59 bits per heavy atom. The molecule has 6 heteroatoms. The lowest BCUT2D eigenvalue weighted by atomic mass is 10.2. The van der Waals surface area contributed by atoms with Gasteiger partial charge in [0.25, 0.3) is 0 Å². The summed E-state index contributed by atoms with van der Waals surface area (Å²) in [6.07, 6.45) is 4.05. The van der Waals surface area contributed by atoms with Gasteiger partial charge < -0.3 is 11.1 Å². The van der Waals surface area contributed by atoms with Gasteiger partial charge in [-0.1, -0.05) is 5.21 Å². The van der Waals surface area contributed by atoms with Crippen molar-refractivity contribution < 1.29 is 4.79 Å². The van der Waals surface area contributed by atoms with Crippen LogP contribution in [0.4, 0.5) is 0 Å². The Morgan fingerprint density at radius 2 is 2.35 bits per heavy atom. The minimum Gasteiger partial charge on any atom is -0.354 e. The molecule has 0 radical (unpaired) electrons. The highest BCUT2D eigenvalue weighted by molar-refractivity contribution is 5.75. The maximum atomic E-state index is 11.4. The molecule has 0 aromatic carbocycles. The van der Waals surface area contributed by atoms with Crippen molar-refractivity contribution in [1.82, 2.24) is 20.3 Å². The monoisotopic (exact) mass is 239 g/mol. The summed E-state index contributed by atoms with van der Waals surface area (Å²) >= 11 is 0. The third-order valence-electron chi connectivity index (χ3n) is 2.24. The maximum absolute atomic E-state index is 11.4. The first-order valence-electron chi connectivity index (χ1n) is 6.00. The van der Waals surface area contributed by atoms with Crippen molar-refractivity contribution in [2.45, 2.75) is 45.7 Å². The normalized spacial score (nSPS) is 10.8. The summed E-state index contributed by atoms with van der Waals surface area (Å²) in [6.45, 7) is 5.11. The van der Waals surface area contributed by atoms with Gasteiger partial charge in [0.15, 0.2) is 0 Å². The molecule has 1 aromatic heterocycles. The Balaban J connectivity index is 2.31. The quantitative estimate of drug-likeness (QED) is 0.706. The average Bonchev–Trinajstić information content (AvgIpc) is 2.70. The second-order valence-electron chi connectivity index (χ2n) is 4.34. The van der Waals surface area contributed by atoms with E-state index in [0.717, 1.165) is 18.5 Å². The van der Waals surface area contributed by atoms with Crippen LogP contribution in [0, 0.1) is 0 Å². The van der Waals surface area contributed by atoms with E-state index in [4.69, 9.17) is 5.73 Å². The molecular weight excluding hydrogens is 218 g/mol. The highest BCUT2D eigenvalue weighted by Gasteiger charge is 2.05. The number of amides is 1. The van der Waals surface area contributed by atoms with E-state index in [9.17, 15) is 4.79 Å². The lowest BCUT2D eigenvalue weighted by Crippen LogP contribution is -2.30. The van der Waals surface area contributed by atoms with Gasteiger partial charge in [0.1, 0.15) is 0 Å². The predicted octanol–water partition coefficient (Wildman–Crippen LogP) is 0.0841. The van der Waals surface area contributed by atoms with Crippen LogP contribution < -0.4 is 11.1 Å². The first-order chi connectivity index (χ1) is 8.11. The van der Waals surface area contributed by atoms with Crippen LogP contribution in [0.25, 0.3) is 0 Å². The fourth-order valence-corrected chi connectivity index (χ4v) is 1.46. The molecule has 17 heavy (non-hydrogen) atoms. The third-order valence-corrected chi connectivity index (χ3v) is 2.24. The van der Waals surface area contributed by atoms with Gasteiger partial charge in [-0.25, -0.2) is 0 Å². The first-order valence-corrected chi connectivity index (χ1v) is 6.00. The molecule has 0 fully saturated rings. The van der Waals surface area contributed by atoms with Crippen molar-refractivity contribution in [3.8, 4) is 0 Å². The summed E-state index contributed by atoms with van der Waals surface area (Å²) in [7, 11) is 0. The standard InChI is InChI=1S/C11H21N5O/c1-9(2)13-11(17)5-7-16-8-10(14-15-16)4-3-6-12/h8-9H,3-7,12H2,1-2H3,(H,13,17). The lowest BCUT2D eigenvalue weighted by molar-refractivity contribution is -0.121. The fraction of sp³-hybridized carbons (Fsp3) is 0.727. The average molecular weight is 239 g/mol. The van der Waals surface area contributed by atoms with Crippen molar-refractivity contribution in [1.29, 1.82) is 0 Å². The van der Waals surface area contributed by atoms with Crippen LogP contribution in [0.15, 0.2) is 6.20 Å². The molecule has 0 bridgehead atoms. The van der Waals surface area contributed by atoms with Gasteiger partial charge in [0.2, 0.25) is 5.91 Å². The van der Waals surface area contributed by atoms with Crippen molar-refractivity contribution >= 4 is 5.91 Å². The second kappa shape index (κ2) is 7.01. The zero-order valence-electron chi connectivity index (χ0n) is 10.5. The highest BCUT2D eigenvalue weighted by atomic mass is 16.1. The van der Waals surface area contributed by atoms with Crippen LogP contribution >= 0.6 is 0 Å². The van der Waals surface area contributed by atoms with Gasteiger partial charge in [-0.3, -0.25) is 9.48 Å². The molecule has 1 rings (SSSR count). The zero-order chi connectivity index (χ0) is 12.7. The number of nitrogens with zero attached hydrogens (tertiary/aromatic N) is 3. The Hall–Kier alpha value is -1.43. The molecular formula is C11H21N5O. The molecule has 6 nitrogen and oxygen atoms in total. The van der Waals surface area contributed by atoms with Crippen molar-refractivity contribution in [3.05, 3.63) is 11.9 Å². The Labute approximate surface area is 102 Å². The molecule has 1 aromatic rings. The largest absolute Gasteiger partial charge is 0.354 e. The fourth-order valence-electron chi connectivity index (χ4n) is 1.46. The number of aryl methyl sites for hydroxylation is 2. The minimum absolute atomic E-state index is 0.0407. The number of carbonyl (C=O) groups excluding carboxylic acids is 1. The highest BCUT2D eigenvalue weighted by Crippen LogP contribution is 1.98. The molecule has 0 atom stereocenters. The van der Waals surface area contributed by atoms with Crippen LogP contribution in [0.1, 0.15) is 32.4 Å². The third kappa shape index (κ3) is 5.44. The van der Waals surface area contributed by atoms with E-state index in [0.29, 0.717) is 19.5 Å². The lowest BCUT2D eigenvalue weighted by Gasteiger charge is -2.07. The summed E-state index contributed by atoms with van der Waals surface area (Å²) in [5.74, 6) is 0.0407. The summed E-state index contributed by atoms with van der Waals surface area (Å²) in [5, 5.41) is 10.8. The van der Waals surface area contributed by atoms with Gasteiger partial charge in [0.05, 0.1) is 12.2 Å². The van der Waals surface area contributed by atoms with E-state index in [-0.39, 0.29) is 11.9 Å². The van der Waals surface area contributed by atoms with Gasteiger partial charge in [-0.05, 0) is 33.2 Å². The summed E-state index contributed by atoms with van der Waals surface area (Å²) < 4.78 is 1.70. The smallest absolute Gasteiger partial charge is 0.222 e. The Kier molecular flexibility index (Phi) is 5.62. The zero-order valence-corrected chi connectivity index (χ0v) is 10.5. The Bertz CT molecular complexity index is 347. The number of nitrogens with one attached hydrogen (secondary N) is 1. The second-order valence-corrected chi connectivity index (χ2v) is 4.34. The molecule has 0 aliphatic carbocycles. The number of rotatable bonds is 7. The number of aromatic nitrogens is 3. The molecule has 1 amide bonds. The van der Waals surface area contributed by atoms with Crippen LogP contribution in [-0.2, 0) is 17.8 Å². The van der Waals surface area contributed by atoms with Crippen molar-refractivity contribution in [2.75, 3.05) is 6.54 Å². The minimum atomic E-state index is 0.0407. The number of carbonyl (C=O) groups is 1. The number of nitrogens with two attached hydrogens (primary N) is 1. The van der Waals surface area contributed by atoms with Crippen LogP contribution in [-0.4, -0.2) is 33.5 Å². The topological polar surface area (TPSA) is 85.8 Å². The van der Waals surface area contributed by atoms with E-state index in [2.05, 4.69) is 15.6 Å². The molecule has 1 heterocycles. The molecule has 0 spiro atoms. The van der Waals surface area contributed by atoms with Gasteiger partial charge in [-0.15, -0.1) is 5.10 Å². The molecule has 0 aliphatic heterocycles. The Morgan fingerprint density at radius 3 is 3.00 bits per heavy atom. The molecule has 0 unspecified atom stereocenters. The van der Waals surface area contributed by atoms with Crippen LogP contribution in [0.2, 0.25) is 0 Å². The van der Waals surface area contributed by atoms with Gasteiger partial charge in [0, 0.05) is 18.7 Å². The van der Waals surface area contributed by atoms with Crippen molar-refractivity contribution in [2.24, 2.45) is 5.73 Å². The molecule has 96 valence electrons. The van der Waals surface area contributed by atoms with Crippen LogP contribution in [0.3, 0.4) is 0 Å². The van der Waals surface area contributed by atoms with E-state index in [1.807, 2.05) is 20.0 Å². The van der Waals surface area contributed by atoms with Gasteiger partial charge >= 0.3 is 0 Å². The van der Waals surface area contributed by atoms with Crippen molar-refractivity contribution in [3.63, 3.8) is 0 Å². The van der Waals surface area contributed by atoms with E-state index >= 15 is 0 Å². The maximum Gasteiger partial charge on any atom is 0.222 e. The predicted molar refractivity (Wildman–Crippen MR) is 65.3 cm³/mol. The van der Waals surface area contributed by atoms with E-state index < -0.39 is 0 Å². The van der Waals surface area contributed by atoms with E-state index in [1.165, 1.54) is 0 Å². The molecule has 3 N–H and O–H groups in total. The molecule has 0 aliphatic rings. The van der Waals surface area contributed by atoms with Crippen LogP contribution in [0.5, 0.6) is 0 Å². The molecule has 0 saturated heterocycles.